The molecule has 0 aliphatic carbocycles. The molecule has 2 aliphatic rings. The van der Waals surface area contributed by atoms with Gasteiger partial charge in [0.15, 0.2) is 0 Å². The van der Waals surface area contributed by atoms with Crippen molar-refractivity contribution in [1.29, 1.82) is 0 Å². The van der Waals surface area contributed by atoms with E-state index in [0.717, 1.165) is 39.0 Å². The molecular formula is C14H27N3O. The molecule has 104 valence electrons. The number of rotatable bonds is 4. The molecule has 2 heterocycles. The number of carbonyl (C=O) groups excluding carboxylic acids is 1. The van der Waals surface area contributed by atoms with Gasteiger partial charge in [0.1, 0.15) is 0 Å². The SMILES string of the molecule is CN1CCCC(CN(C)C(=O)CC2CCNC2)C1. The molecule has 2 rings (SSSR count). The summed E-state index contributed by atoms with van der Waals surface area (Å²) in [5.74, 6) is 1.56. The van der Waals surface area contributed by atoms with E-state index in [1.54, 1.807) is 0 Å². The smallest absolute Gasteiger partial charge is 0.222 e. The average Bonchev–Trinajstić information content (AvgIpc) is 2.81. The molecule has 1 amide bonds. The third-order valence-electron chi connectivity index (χ3n) is 4.31. The van der Waals surface area contributed by atoms with E-state index in [9.17, 15) is 4.79 Å². The summed E-state index contributed by atoms with van der Waals surface area (Å²) >= 11 is 0. The number of nitrogens with zero attached hydrogens (tertiary/aromatic N) is 2. The zero-order valence-electron chi connectivity index (χ0n) is 11.8. The van der Waals surface area contributed by atoms with Gasteiger partial charge in [-0.25, -0.2) is 0 Å². The molecular weight excluding hydrogens is 226 g/mol. The fourth-order valence-electron chi connectivity index (χ4n) is 3.20. The van der Waals surface area contributed by atoms with Gasteiger partial charge in [0.2, 0.25) is 5.91 Å². The highest BCUT2D eigenvalue weighted by Crippen LogP contribution is 2.18. The minimum Gasteiger partial charge on any atom is -0.345 e. The second-order valence-corrected chi connectivity index (χ2v) is 6.11. The summed E-state index contributed by atoms with van der Waals surface area (Å²) in [7, 11) is 4.15. The Morgan fingerprint density at radius 2 is 2.22 bits per heavy atom. The molecule has 2 saturated heterocycles. The van der Waals surface area contributed by atoms with Crippen molar-refractivity contribution in [2.45, 2.75) is 25.7 Å². The van der Waals surface area contributed by atoms with Crippen LogP contribution < -0.4 is 5.32 Å². The summed E-state index contributed by atoms with van der Waals surface area (Å²) in [6.07, 6.45) is 4.43. The van der Waals surface area contributed by atoms with Crippen molar-refractivity contribution < 1.29 is 4.79 Å². The van der Waals surface area contributed by atoms with Crippen molar-refractivity contribution in [2.24, 2.45) is 11.8 Å². The van der Waals surface area contributed by atoms with E-state index in [-0.39, 0.29) is 0 Å². The highest BCUT2D eigenvalue weighted by molar-refractivity contribution is 5.76. The van der Waals surface area contributed by atoms with Gasteiger partial charge in [-0.15, -0.1) is 0 Å². The van der Waals surface area contributed by atoms with Gasteiger partial charge in [-0.2, -0.15) is 0 Å². The lowest BCUT2D eigenvalue weighted by molar-refractivity contribution is -0.131. The lowest BCUT2D eigenvalue weighted by Crippen LogP contribution is -2.40. The van der Waals surface area contributed by atoms with Gasteiger partial charge in [-0.3, -0.25) is 4.79 Å². The van der Waals surface area contributed by atoms with E-state index in [2.05, 4.69) is 17.3 Å². The molecule has 0 aromatic carbocycles. The van der Waals surface area contributed by atoms with Gasteiger partial charge in [0, 0.05) is 26.6 Å². The molecule has 4 heteroatoms. The summed E-state index contributed by atoms with van der Waals surface area (Å²) in [6, 6.07) is 0. The Labute approximate surface area is 111 Å². The lowest BCUT2D eigenvalue weighted by Gasteiger charge is -2.32. The molecule has 0 aromatic rings. The third-order valence-corrected chi connectivity index (χ3v) is 4.31. The van der Waals surface area contributed by atoms with Crippen LogP contribution in [0.2, 0.25) is 0 Å². The van der Waals surface area contributed by atoms with Gasteiger partial charge in [0.25, 0.3) is 0 Å². The van der Waals surface area contributed by atoms with Crippen LogP contribution in [0.5, 0.6) is 0 Å². The van der Waals surface area contributed by atoms with Crippen LogP contribution in [0.25, 0.3) is 0 Å². The third kappa shape index (κ3) is 3.95. The van der Waals surface area contributed by atoms with Crippen LogP contribution in [-0.4, -0.2) is 62.5 Å². The Hall–Kier alpha value is -0.610. The quantitative estimate of drug-likeness (QED) is 0.804. The van der Waals surface area contributed by atoms with Crippen LogP contribution in [0.15, 0.2) is 0 Å². The number of hydrogen-bond acceptors (Lipinski definition) is 3. The maximum atomic E-state index is 12.1. The summed E-state index contributed by atoms with van der Waals surface area (Å²) in [6.45, 7) is 5.38. The maximum absolute atomic E-state index is 12.1. The van der Waals surface area contributed by atoms with Crippen LogP contribution in [-0.2, 0) is 4.79 Å². The van der Waals surface area contributed by atoms with E-state index >= 15 is 0 Å². The van der Waals surface area contributed by atoms with Crippen molar-refractivity contribution in [2.75, 3.05) is 46.8 Å². The van der Waals surface area contributed by atoms with Crippen LogP contribution in [0.4, 0.5) is 0 Å². The molecule has 2 atom stereocenters. The highest BCUT2D eigenvalue weighted by Gasteiger charge is 2.23. The largest absolute Gasteiger partial charge is 0.345 e. The van der Waals surface area contributed by atoms with Crippen LogP contribution in [0, 0.1) is 11.8 Å². The molecule has 0 radical (unpaired) electrons. The Kier molecular flexibility index (Phi) is 5.01. The lowest BCUT2D eigenvalue weighted by atomic mass is 9.97. The first kappa shape index (κ1) is 13.8. The molecule has 18 heavy (non-hydrogen) atoms. The summed E-state index contributed by atoms with van der Waals surface area (Å²) < 4.78 is 0. The first-order valence-electron chi connectivity index (χ1n) is 7.28. The monoisotopic (exact) mass is 253 g/mol. The Morgan fingerprint density at radius 1 is 1.39 bits per heavy atom. The van der Waals surface area contributed by atoms with E-state index < -0.39 is 0 Å². The summed E-state index contributed by atoms with van der Waals surface area (Å²) in [5, 5.41) is 3.33. The zero-order valence-corrected chi connectivity index (χ0v) is 11.8. The predicted octanol–water partition coefficient (Wildman–Crippen LogP) is 0.786. The average molecular weight is 253 g/mol. The first-order valence-corrected chi connectivity index (χ1v) is 7.28. The number of amides is 1. The Balaban J connectivity index is 1.72. The second kappa shape index (κ2) is 6.53. The van der Waals surface area contributed by atoms with Gasteiger partial charge >= 0.3 is 0 Å². The second-order valence-electron chi connectivity index (χ2n) is 6.11. The first-order chi connectivity index (χ1) is 8.65. The van der Waals surface area contributed by atoms with Crippen LogP contribution in [0.1, 0.15) is 25.7 Å². The fourth-order valence-corrected chi connectivity index (χ4v) is 3.20. The minimum absolute atomic E-state index is 0.330. The number of carbonyl (C=O) groups is 1. The minimum atomic E-state index is 0.330. The standard InChI is InChI=1S/C14H27N3O/c1-16-7-3-4-13(10-16)11-17(2)14(18)8-12-5-6-15-9-12/h12-13,15H,3-11H2,1-2H3. The summed E-state index contributed by atoms with van der Waals surface area (Å²) in [4.78, 5) is 16.5. The zero-order chi connectivity index (χ0) is 13.0. The van der Waals surface area contributed by atoms with Gasteiger partial charge in [-0.1, -0.05) is 0 Å². The number of likely N-dealkylation sites (tertiary alicyclic amines) is 1. The van der Waals surface area contributed by atoms with Crippen LogP contribution >= 0.6 is 0 Å². The van der Waals surface area contributed by atoms with E-state index in [0.29, 0.717) is 17.7 Å². The Morgan fingerprint density at radius 3 is 2.89 bits per heavy atom. The van der Waals surface area contributed by atoms with Gasteiger partial charge < -0.3 is 15.1 Å². The van der Waals surface area contributed by atoms with Gasteiger partial charge in [-0.05, 0) is 57.8 Å². The Bertz CT molecular complexity index is 276. The molecule has 2 aliphatic heterocycles. The van der Waals surface area contributed by atoms with Crippen LogP contribution in [0.3, 0.4) is 0 Å². The fraction of sp³-hybridized carbons (Fsp3) is 0.929. The molecule has 0 spiro atoms. The van der Waals surface area contributed by atoms with Crippen molar-refractivity contribution >= 4 is 5.91 Å². The predicted molar refractivity (Wildman–Crippen MR) is 73.5 cm³/mol. The van der Waals surface area contributed by atoms with Crippen molar-refractivity contribution in [3.05, 3.63) is 0 Å². The molecule has 0 saturated carbocycles. The number of piperidine rings is 1. The van der Waals surface area contributed by atoms with E-state index in [4.69, 9.17) is 0 Å². The molecule has 1 N–H and O–H groups in total. The van der Waals surface area contributed by atoms with Crippen molar-refractivity contribution in [3.63, 3.8) is 0 Å². The van der Waals surface area contributed by atoms with Crippen molar-refractivity contribution in [1.82, 2.24) is 15.1 Å². The molecule has 2 fully saturated rings. The van der Waals surface area contributed by atoms with E-state index in [1.165, 1.54) is 19.4 Å². The summed E-state index contributed by atoms with van der Waals surface area (Å²) in [5.41, 5.74) is 0. The van der Waals surface area contributed by atoms with Gasteiger partial charge in [0.05, 0.1) is 0 Å². The number of nitrogens with one attached hydrogen (secondary N) is 1. The van der Waals surface area contributed by atoms with Crippen molar-refractivity contribution in [3.8, 4) is 0 Å². The topological polar surface area (TPSA) is 35.6 Å². The molecule has 4 nitrogen and oxygen atoms in total. The normalized spacial score (nSPS) is 29.4. The molecule has 0 aromatic heterocycles. The maximum Gasteiger partial charge on any atom is 0.222 e. The number of hydrogen-bond donors (Lipinski definition) is 1. The molecule has 2 unspecified atom stereocenters. The van der Waals surface area contributed by atoms with E-state index in [1.807, 2.05) is 11.9 Å². The molecule has 0 bridgehead atoms. The highest BCUT2D eigenvalue weighted by atomic mass is 16.2.